The van der Waals surface area contributed by atoms with Gasteiger partial charge in [0, 0.05) is 24.4 Å². The van der Waals surface area contributed by atoms with Crippen LogP contribution in [0.15, 0.2) is 18.3 Å². The predicted octanol–water partition coefficient (Wildman–Crippen LogP) is 2.93. The standard InChI is InChI=1S/C19H20FN5O/c1-10-11(2)23-18-13(7-12(20)8-16(18)22-10)19(26)24-15-5-4-6-17-14(15)9-21-25(17)3/h7-9,15H,4-6H2,1-3H3,(H,24,26). The highest BCUT2D eigenvalue weighted by molar-refractivity contribution is 6.05. The quantitative estimate of drug-likeness (QED) is 0.769. The summed E-state index contributed by atoms with van der Waals surface area (Å²) in [5, 5.41) is 7.33. The van der Waals surface area contributed by atoms with Crippen LogP contribution in [0.25, 0.3) is 11.0 Å². The van der Waals surface area contributed by atoms with Crippen LogP contribution in [0.4, 0.5) is 4.39 Å². The van der Waals surface area contributed by atoms with Crippen molar-refractivity contribution in [1.29, 1.82) is 0 Å². The van der Waals surface area contributed by atoms with Gasteiger partial charge in [-0.1, -0.05) is 0 Å². The molecular formula is C19H20FN5O. The number of hydrogen-bond donors (Lipinski definition) is 1. The molecule has 2 aromatic heterocycles. The number of nitrogens with one attached hydrogen (secondary N) is 1. The maximum atomic E-state index is 14.0. The lowest BCUT2D eigenvalue weighted by Gasteiger charge is -2.24. The van der Waals surface area contributed by atoms with Gasteiger partial charge in [0.2, 0.25) is 0 Å². The van der Waals surface area contributed by atoms with Gasteiger partial charge in [-0.15, -0.1) is 0 Å². The number of aromatic nitrogens is 4. The highest BCUT2D eigenvalue weighted by atomic mass is 19.1. The number of nitrogens with zero attached hydrogens (tertiary/aromatic N) is 4. The van der Waals surface area contributed by atoms with Crippen LogP contribution in [0.1, 0.15) is 51.9 Å². The van der Waals surface area contributed by atoms with Gasteiger partial charge < -0.3 is 5.32 Å². The fraction of sp³-hybridized carbons (Fsp3) is 0.368. The molecule has 0 radical (unpaired) electrons. The van der Waals surface area contributed by atoms with Crippen molar-refractivity contribution in [2.24, 2.45) is 7.05 Å². The second-order valence-electron chi connectivity index (χ2n) is 6.80. The molecule has 1 N–H and O–H groups in total. The van der Waals surface area contributed by atoms with Crippen LogP contribution in [-0.2, 0) is 13.5 Å². The minimum absolute atomic E-state index is 0.127. The maximum Gasteiger partial charge on any atom is 0.254 e. The van der Waals surface area contributed by atoms with Crippen molar-refractivity contribution in [3.8, 4) is 0 Å². The van der Waals surface area contributed by atoms with E-state index in [1.807, 2.05) is 25.6 Å². The van der Waals surface area contributed by atoms with Crippen molar-refractivity contribution >= 4 is 16.9 Å². The summed E-state index contributed by atoms with van der Waals surface area (Å²) in [6.45, 7) is 3.65. The molecule has 3 aromatic rings. The Bertz CT molecular complexity index is 1030. The fourth-order valence-electron chi connectivity index (χ4n) is 3.56. The van der Waals surface area contributed by atoms with Crippen LogP contribution in [0.2, 0.25) is 0 Å². The van der Waals surface area contributed by atoms with E-state index in [1.54, 1.807) is 6.20 Å². The number of carbonyl (C=O) groups excluding carboxylic acids is 1. The van der Waals surface area contributed by atoms with Crippen molar-refractivity contribution in [3.05, 3.63) is 52.4 Å². The number of hydrogen-bond acceptors (Lipinski definition) is 4. The van der Waals surface area contributed by atoms with E-state index in [1.165, 1.54) is 12.1 Å². The van der Waals surface area contributed by atoms with E-state index < -0.39 is 5.82 Å². The molecule has 1 aliphatic rings. The van der Waals surface area contributed by atoms with Crippen molar-refractivity contribution < 1.29 is 9.18 Å². The number of halogens is 1. The summed E-state index contributed by atoms with van der Waals surface area (Å²) < 4.78 is 15.9. The molecule has 7 heteroatoms. The summed E-state index contributed by atoms with van der Waals surface area (Å²) in [7, 11) is 1.91. The topological polar surface area (TPSA) is 72.7 Å². The highest BCUT2D eigenvalue weighted by Crippen LogP contribution is 2.30. The average Bonchev–Trinajstić information content (AvgIpc) is 2.98. The lowest BCUT2D eigenvalue weighted by Crippen LogP contribution is -2.31. The lowest BCUT2D eigenvalue weighted by molar-refractivity contribution is 0.0933. The molecule has 0 fully saturated rings. The molecule has 2 heterocycles. The van der Waals surface area contributed by atoms with Gasteiger partial charge in [0.1, 0.15) is 11.3 Å². The Labute approximate surface area is 150 Å². The van der Waals surface area contributed by atoms with E-state index in [-0.39, 0.29) is 17.5 Å². The van der Waals surface area contributed by atoms with Gasteiger partial charge in [-0.3, -0.25) is 9.48 Å². The molecule has 0 saturated heterocycles. The zero-order valence-corrected chi connectivity index (χ0v) is 15.0. The molecular weight excluding hydrogens is 333 g/mol. The van der Waals surface area contributed by atoms with Gasteiger partial charge in [-0.2, -0.15) is 5.10 Å². The van der Waals surface area contributed by atoms with Crippen LogP contribution < -0.4 is 5.32 Å². The molecule has 0 bridgehead atoms. The normalized spacial score (nSPS) is 16.5. The maximum absolute atomic E-state index is 14.0. The largest absolute Gasteiger partial charge is 0.345 e. The SMILES string of the molecule is Cc1nc2cc(F)cc(C(=O)NC3CCCc4c3cnn4C)c2nc1C. The monoisotopic (exact) mass is 353 g/mol. The number of amides is 1. The highest BCUT2D eigenvalue weighted by Gasteiger charge is 2.26. The summed E-state index contributed by atoms with van der Waals surface area (Å²) in [4.78, 5) is 21.8. The molecule has 1 aromatic carbocycles. The number of aryl methyl sites for hydroxylation is 3. The first kappa shape index (κ1) is 16.6. The van der Waals surface area contributed by atoms with Crippen LogP contribution in [-0.4, -0.2) is 25.7 Å². The van der Waals surface area contributed by atoms with Crippen LogP contribution in [0, 0.1) is 19.7 Å². The Kier molecular flexibility index (Phi) is 3.94. The third kappa shape index (κ3) is 2.73. The number of rotatable bonds is 2. The zero-order chi connectivity index (χ0) is 18.4. The lowest BCUT2D eigenvalue weighted by atomic mass is 9.92. The first-order chi connectivity index (χ1) is 12.4. The molecule has 1 unspecified atom stereocenters. The van der Waals surface area contributed by atoms with Gasteiger partial charge in [-0.05, 0) is 39.2 Å². The minimum atomic E-state index is -0.495. The minimum Gasteiger partial charge on any atom is -0.345 e. The van der Waals surface area contributed by atoms with Gasteiger partial charge in [0.25, 0.3) is 5.91 Å². The van der Waals surface area contributed by atoms with Crippen molar-refractivity contribution in [2.75, 3.05) is 0 Å². The van der Waals surface area contributed by atoms with E-state index in [4.69, 9.17) is 0 Å². The second-order valence-corrected chi connectivity index (χ2v) is 6.80. The van der Waals surface area contributed by atoms with Crippen molar-refractivity contribution in [1.82, 2.24) is 25.1 Å². The van der Waals surface area contributed by atoms with E-state index in [0.29, 0.717) is 11.0 Å². The Morgan fingerprint density at radius 1 is 1.27 bits per heavy atom. The first-order valence-electron chi connectivity index (χ1n) is 8.70. The Hall–Kier alpha value is -2.83. The second kappa shape index (κ2) is 6.16. The van der Waals surface area contributed by atoms with E-state index in [2.05, 4.69) is 20.4 Å². The van der Waals surface area contributed by atoms with E-state index >= 15 is 0 Å². The predicted molar refractivity (Wildman–Crippen MR) is 95.3 cm³/mol. The Morgan fingerprint density at radius 2 is 2.04 bits per heavy atom. The van der Waals surface area contributed by atoms with Gasteiger partial charge in [0.05, 0.1) is 34.7 Å². The summed E-state index contributed by atoms with van der Waals surface area (Å²) in [6.07, 6.45) is 4.56. The first-order valence-corrected chi connectivity index (χ1v) is 8.70. The fourth-order valence-corrected chi connectivity index (χ4v) is 3.56. The molecule has 134 valence electrons. The van der Waals surface area contributed by atoms with Gasteiger partial charge >= 0.3 is 0 Å². The Morgan fingerprint density at radius 3 is 2.85 bits per heavy atom. The van der Waals surface area contributed by atoms with Crippen molar-refractivity contribution in [2.45, 2.75) is 39.2 Å². The molecule has 4 rings (SSSR count). The van der Waals surface area contributed by atoms with E-state index in [0.717, 1.165) is 41.9 Å². The Balaban J connectivity index is 1.72. The molecule has 1 atom stereocenters. The third-order valence-corrected chi connectivity index (χ3v) is 5.07. The number of benzene rings is 1. The summed E-state index contributed by atoms with van der Waals surface area (Å²) in [6, 6.07) is 2.41. The van der Waals surface area contributed by atoms with Crippen LogP contribution in [0.3, 0.4) is 0 Å². The number of carbonyl (C=O) groups is 1. The van der Waals surface area contributed by atoms with Gasteiger partial charge in [-0.25, -0.2) is 14.4 Å². The number of fused-ring (bicyclic) bond motifs is 2. The zero-order valence-electron chi connectivity index (χ0n) is 15.0. The molecule has 0 spiro atoms. The molecule has 0 aliphatic heterocycles. The molecule has 1 aliphatic carbocycles. The summed E-state index contributed by atoms with van der Waals surface area (Å²) in [5.74, 6) is -0.834. The molecule has 0 saturated carbocycles. The molecule has 26 heavy (non-hydrogen) atoms. The molecule has 1 amide bonds. The third-order valence-electron chi connectivity index (χ3n) is 5.07. The van der Waals surface area contributed by atoms with Crippen molar-refractivity contribution in [3.63, 3.8) is 0 Å². The average molecular weight is 353 g/mol. The summed E-state index contributed by atoms with van der Waals surface area (Å²) >= 11 is 0. The summed E-state index contributed by atoms with van der Waals surface area (Å²) in [5.41, 5.74) is 4.65. The van der Waals surface area contributed by atoms with Crippen LogP contribution in [0.5, 0.6) is 0 Å². The smallest absolute Gasteiger partial charge is 0.254 e. The van der Waals surface area contributed by atoms with E-state index in [9.17, 15) is 9.18 Å². The molecule has 6 nitrogen and oxygen atoms in total. The van der Waals surface area contributed by atoms with Crippen LogP contribution >= 0.6 is 0 Å². The van der Waals surface area contributed by atoms with Gasteiger partial charge in [0.15, 0.2) is 0 Å².